The van der Waals surface area contributed by atoms with Crippen molar-refractivity contribution in [2.24, 2.45) is 5.73 Å². The summed E-state index contributed by atoms with van der Waals surface area (Å²) in [5, 5.41) is 2.69. The molecule has 0 fully saturated rings. The zero-order valence-electron chi connectivity index (χ0n) is 8.11. The van der Waals surface area contributed by atoms with Crippen LogP contribution in [0.1, 0.15) is 10.5 Å². The number of carbonyl (C=O) groups excluding carboxylic acids is 1. The first-order chi connectivity index (χ1) is 7.24. The third-order valence-corrected chi connectivity index (χ3v) is 2.11. The summed E-state index contributed by atoms with van der Waals surface area (Å²) in [5.74, 6) is -0.191. The van der Waals surface area contributed by atoms with Crippen LogP contribution in [0.3, 0.4) is 0 Å². The van der Waals surface area contributed by atoms with Gasteiger partial charge in [0, 0.05) is 23.8 Å². The largest absolute Gasteiger partial charge is 0.347 e. The van der Waals surface area contributed by atoms with Gasteiger partial charge >= 0.3 is 0 Å². The third-order valence-electron chi connectivity index (χ3n) is 1.64. The molecule has 1 aromatic heterocycles. The highest BCUT2D eigenvalue weighted by molar-refractivity contribution is 9.10. The maximum Gasteiger partial charge on any atom is 0.270 e. The number of hydrogen-bond donors (Lipinski definition) is 2. The Morgan fingerprint density at radius 2 is 2.33 bits per heavy atom. The molecule has 15 heavy (non-hydrogen) atoms. The summed E-state index contributed by atoms with van der Waals surface area (Å²) in [6, 6.07) is 3.43. The number of nitrogens with two attached hydrogens (primary N) is 1. The second-order valence-corrected chi connectivity index (χ2v) is 3.69. The molecular formula is C10H12BrN3O. The average molecular weight is 270 g/mol. The number of amides is 1. The van der Waals surface area contributed by atoms with E-state index in [-0.39, 0.29) is 5.91 Å². The second kappa shape index (κ2) is 6.31. The molecule has 0 aliphatic heterocycles. The highest BCUT2D eigenvalue weighted by atomic mass is 79.9. The van der Waals surface area contributed by atoms with Gasteiger partial charge in [-0.3, -0.25) is 4.79 Å². The van der Waals surface area contributed by atoms with Gasteiger partial charge in [0.15, 0.2) is 0 Å². The van der Waals surface area contributed by atoms with Gasteiger partial charge in [-0.2, -0.15) is 0 Å². The number of aromatic nitrogens is 1. The molecule has 1 heterocycles. The van der Waals surface area contributed by atoms with Crippen LogP contribution >= 0.6 is 15.9 Å². The Labute approximate surface area is 96.7 Å². The van der Waals surface area contributed by atoms with Crippen molar-refractivity contribution in [3.63, 3.8) is 0 Å². The van der Waals surface area contributed by atoms with Crippen LogP contribution in [0.25, 0.3) is 0 Å². The molecule has 0 atom stereocenters. The molecule has 0 aliphatic rings. The van der Waals surface area contributed by atoms with Crippen LogP contribution in [0.4, 0.5) is 0 Å². The molecule has 1 amide bonds. The van der Waals surface area contributed by atoms with Crippen molar-refractivity contribution in [3.8, 4) is 0 Å². The van der Waals surface area contributed by atoms with Crippen molar-refractivity contribution in [2.75, 3.05) is 13.1 Å². The minimum absolute atomic E-state index is 0.191. The highest BCUT2D eigenvalue weighted by Gasteiger charge is 2.04. The van der Waals surface area contributed by atoms with Gasteiger partial charge in [-0.25, -0.2) is 4.98 Å². The van der Waals surface area contributed by atoms with Crippen molar-refractivity contribution >= 4 is 21.8 Å². The Kier molecular flexibility index (Phi) is 5.00. The van der Waals surface area contributed by atoms with Gasteiger partial charge in [0.05, 0.1) is 0 Å². The number of pyridine rings is 1. The molecule has 0 aromatic carbocycles. The van der Waals surface area contributed by atoms with Crippen LogP contribution in [0, 0.1) is 0 Å². The lowest BCUT2D eigenvalue weighted by Gasteiger charge is -2.00. The standard InChI is InChI=1S/C10H12BrN3O/c11-8-3-4-9(14-7-8)10(15)13-6-2-1-5-12/h1-4,7H,5-6,12H2,(H,13,15)/b2-1+. The fourth-order valence-corrected chi connectivity index (χ4v) is 1.17. The zero-order chi connectivity index (χ0) is 11.1. The minimum atomic E-state index is -0.191. The Hall–Kier alpha value is -1.20. The summed E-state index contributed by atoms with van der Waals surface area (Å²) in [4.78, 5) is 15.4. The van der Waals surface area contributed by atoms with E-state index in [9.17, 15) is 4.79 Å². The molecule has 0 radical (unpaired) electrons. The highest BCUT2D eigenvalue weighted by Crippen LogP contribution is 2.06. The molecule has 0 saturated carbocycles. The van der Waals surface area contributed by atoms with E-state index in [4.69, 9.17) is 5.73 Å². The molecule has 0 spiro atoms. The minimum Gasteiger partial charge on any atom is -0.347 e. The molecule has 1 aromatic rings. The van der Waals surface area contributed by atoms with Crippen molar-refractivity contribution in [1.29, 1.82) is 0 Å². The first-order valence-corrected chi connectivity index (χ1v) is 5.28. The van der Waals surface area contributed by atoms with E-state index in [1.807, 2.05) is 0 Å². The van der Waals surface area contributed by atoms with E-state index in [2.05, 4.69) is 26.2 Å². The number of nitrogens with zero attached hydrogens (tertiary/aromatic N) is 1. The summed E-state index contributed by atoms with van der Waals surface area (Å²) in [6.07, 6.45) is 5.18. The molecule has 3 N–H and O–H groups in total. The van der Waals surface area contributed by atoms with Crippen molar-refractivity contribution in [2.45, 2.75) is 0 Å². The zero-order valence-corrected chi connectivity index (χ0v) is 9.70. The number of rotatable bonds is 4. The predicted molar refractivity (Wildman–Crippen MR) is 62.5 cm³/mol. The van der Waals surface area contributed by atoms with E-state index < -0.39 is 0 Å². The first kappa shape index (κ1) is 11.9. The van der Waals surface area contributed by atoms with E-state index in [1.54, 1.807) is 30.5 Å². The summed E-state index contributed by atoms with van der Waals surface area (Å²) < 4.78 is 0.849. The van der Waals surface area contributed by atoms with Gasteiger partial charge in [0.1, 0.15) is 5.69 Å². The van der Waals surface area contributed by atoms with Crippen LogP contribution in [-0.2, 0) is 0 Å². The molecule has 1 rings (SSSR count). The second-order valence-electron chi connectivity index (χ2n) is 2.78. The monoisotopic (exact) mass is 269 g/mol. The quantitative estimate of drug-likeness (QED) is 0.805. The van der Waals surface area contributed by atoms with E-state index in [1.165, 1.54) is 0 Å². The summed E-state index contributed by atoms with van der Waals surface area (Å²) in [5.41, 5.74) is 5.66. The summed E-state index contributed by atoms with van der Waals surface area (Å²) in [6.45, 7) is 0.945. The number of halogens is 1. The maximum absolute atomic E-state index is 11.5. The van der Waals surface area contributed by atoms with Crippen LogP contribution in [0.15, 0.2) is 35.0 Å². The van der Waals surface area contributed by atoms with Crippen LogP contribution < -0.4 is 11.1 Å². The summed E-state index contributed by atoms with van der Waals surface area (Å²) in [7, 11) is 0. The lowest BCUT2D eigenvalue weighted by molar-refractivity contribution is 0.0953. The fourth-order valence-electron chi connectivity index (χ4n) is 0.932. The van der Waals surface area contributed by atoms with Gasteiger partial charge < -0.3 is 11.1 Å². The maximum atomic E-state index is 11.5. The summed E-state index contributed by atoms with van der Waals surface area (Å²) >= 11 is 3.25. The molecule has 80 valence electrons. The molecule has 0 bridgehead atoms. The Morgan fingerprint density at radius 3 is 2.93 bits per heavy atom. The van der Waals surface area contributed by atoms with Gasteiger partial charge in [-0.05, 0) is 28.1 Å². The molecular weight excluding hydrogens is 258 g/mol. The van der Waals surface area contributed by atoms with Crippen molar-refractivity contribution < 1.29 is 4.79 Å². The fraction of sp³-hybridized carbons (Fsp3) is 0.200. The third kappa shape index (κ3) is 4.22. The van der Waals surface area contributed by atoms with Crippen molar-refractivity contribution in [1.82, 2.24) is 10.3 Å². The Morgan fingerprint density at radius 1 is 1.53 bits per heavy atom. The molecule has 5 heteroatoms. The normalized spacial score (nSPS) is 10.5. The average Bonchev–Trinajstić information content (AvgIpc) is 2.25. The van der Waals surface area contributed by atoms with Crippen molar-refractivity contribution in [3.05, 3.63) is 40.6 Å². The molecule has 0 unspecified atom stereocenters. The van der Waals surface area contributed by atoms with Crippen LogP contribution in [-0.4, -0.2) is 24.0 Å². The molecule has 0 aliphatic carbocycles. The van der Waals surface area contributed by atoms with Gasteiger partial charge in [0.2, 0.25) is 0 Å². The van der Waals surface area contributed by atoms with Gasteiger partial charge in [-0.15, -0.1) is 0 Å². The van der Waals surface area contributed by atoms with Gasteiger partial charge in [-0.1, -0.05) is 12.2 Å². The SMILES string of the molecule is NC/C=C/CNC(=O)c1ccc(Br)cn1. The predicted octanol–water partition coefficient (Wildman–Crippen LogP) is 1.09. The molecule has 0 saturated heterocycles. The van der Waals surface area contributed by atoms with Gasteiger partial charge in [0.25, 0.3) is 5.91 Å². The number of hydrogen-bond acceptors (Lipinski definition) is 3. The smallest absolute Gasteiger partial charge is 0.270 e. The van der Waals surface area contributed by atoms with Crippen LogP contribution in [0.5, 0.6) is 0 Å². The van der Waals surface area contributed by atoms with E-state index >= 15 is 0 Å². The first-order valence-electron chi connectivity index (χ1n) is 4.49. The lowest BCUT2D eigenvalue weighted by Crippen LogP contribution is -2.24. The topological polar surface area (TPSA) is 68.0 Å². The lowest BCUT2D eigenvalue weighted by atomic mass is 10.3. The Bertz CT molecular complexity index is 348. The Balaban J connectivity index is 2.47. The number of nitrogens with one attached hydrogen (secondary N) is 1. The van der Waals surface area contributed by atoms with E-state index in [0.29, 0.717) is 18.8 Å². The number of carbonyl (C=O) groups is 1. The van der Waals surface area contributed by atoms with E-state index in [0.717, 1.165) is 4.47 Å². The van der Waals surface area contributed by atoms with Crippen LogP contribution in [0.2, 0.25) is 0 Å². The molecule has 4 nitrogen and oxygen atoms in total.